The summed E-state index contributed by atoms with van der Waals surface area (Å²) in [5.74, 6) is 0.596. The van der Waals surface area contributed by atoms with E-state index in [-0.39, 0.29) is 5.91 Å². The largest absolute Gasteiger partial charge is 0.386 e. The number of carbonyl (C=O) groups is 1. The summed E-state index contributed by atoms with van der Waals surface area (Å²) in [6.45, 7) is 1.07. The average molecular weight is 246 g/mol. The van der Waals surface area contributed by atoms with Crippen molar-refractivity contribution in [2.75, 3.05) is 13.1 Å². The van der Waals surface area contributed by atoms with E-state index in [0.717, 1.165) is 24.8 Å². The van der Waals surface area contributed by atoms with E-state index < -0.39 is 5.60 Å². The average Bonchev–Trinajstić information content (AvgIpc) is 3.18. The zero-order valence-corrected chi connectivity index (χ0v) is 10.4. The SMILES string of the molecule is O=C(CCc1ccncc1)N1CC(O)(C2CC2)C1. The van der Waals surface area contributed by atoms with Crippen LogP contribution in [0.2, 0.25) is 0 Å². The highest BCUT2D eigenvalue weighted by atomic mass is 16.3. The Bertz CT molecular complexity index is 436. The highest BCUT2D eigenvalue weighted by Gasteiger charge is 2.52. The zero-order chi connectivity index (χ0) is 12.6. The fourth-order valence-corrected chi connectivity index (χ4v) is 2.63. The fraction of sp³-hybridized carbons (Fsp3) is 0.571. The van der Waals surface area contributed by atoms with E-state index in [9.17, 15) is 9.90 Å². The molecule has 2 fully saturated rings. The molecule has 1 aromatic rings. The van der Waals surface area contributed by atoms with E-state index in [2.05, 4.69) is 4.98 Å². The van der Waals surface area contributed by atoms with E-state index in [1.807, 2.05) is 12.1 Å². The minimum absolute atomic E-state index is 0.150. The first kappa shape index (κ1) is 11.7. The molecular formula is C14H18N2O2. The van der Waals surface area contributed by atoms with Gasteiger partial charge in [-0.1, -0.05) is 0 Å². The van der Waals surface area contributed by atoms with Crippen LogP contribution in [0.25, 0.3) is 0 Å². The molecule has 0 bridgehead atoms. The van der Waals surface area contributed by atoms with E-state index >= 15 is 0 Å². The molecule has 96 valence electrons. The summed E-state index contributed by atoms with van der Waals surface area (Å²) in [6, 6.07) is 3.87. The number of rotatable bonds is 4. The summed E-state index contributed by atoms with van der Waals surface area (Å²) in [6.07, 6.45) is 7.00. The van der Waals surface area contributed by atoms with Gasteiger partial charge in [-0.3, -0.25) is 9.78 Å². The predicted molar refractivity (Wildman–Crippen MR) is 66.8 cm³/mol. The van der Waals surface area contributed by atoms with Gasteiger partial charge in [0, 0.05) is 18.8 Å². The molecule has 0 aromatic carbocycles. The molecule has 1 N–H and O–H groups in total. The molecule has 0 radical (unpaired) electrons. The van der Waals surface area contributed by atoms with Crippen molar-refractivity contribution in [2.45, 2.75) is 31.3 Å². The van der Waals surface area contributed by atoms with Gasteiger partial charge < -0.3 is 10.0 Å². The molecule has 4 heteroatoms. The lowest BCUT2D eigenvalue weighted by Crippen LogP contribution is -2.64. The molecule has 1 aliphatic carbocycles. The smallest absolute Gasteiger partial charge is 0.223 e. The molecule has 0 spiro atoms. The number of hydrogen-bond acceptors (Lipinski definition) is 3. The molecule has 4 nitrogen and oxygen atoms in total. The highest BCUT2D eigenvalue weighted by Crippen LogP contribution is 2.44. The maximum absolute atomic E-state index is 11.9. The van der Waals surface area contributed by atoms with Gasteiger partial charge in [-0.15, -0.1) is 0 Å². The Labute approximate surface area is 107 Å². The van der Waals surface area contributed by atoms with E-state index in [1.165, 1.54) is 0 Å². The van der Waals surface area contributed by atoms with Crippen LogP contribution in [-0.2, 0) is 11.2 Å². The molecule has 1 aliphatic heterocycles. The van der Waals surface area contributed by atoms with Gasteiger partial charge in [-0.25, -0.2) is 0 Å². The summed E-state index contributed by atoms with van der Waals surface area (Å²) in [5, 5.41) is 10.2. The van der Waals surface area contributed by atoms with Crippen molar-refractivity contribution in [3.05, 3.63) is 30.1 Å². The summed E-state index contributed by atoms with van der Waals surface area (Å²) in [4.78, 5) is 17.7. The third kappa shape index (κ3) is 2.25. The van der Waals surface area contributed by atoms with Gasteiger partial charge in [0.2, 0.25) is 5.91 Å². The maximum atomic E-state index is 11.9. The number of amides is 1. The topological polar surface area (TPSA) is 53.4 Å². The number of carbonyl (C=O) groups excluding carboxylic acids is 1. The molecule has 2 heterocycles. The normalized spacial score (nSPS) is 21.5. The zero-order valence-electron chi connectivity index (χ0n) is 10.4. The third-order valence-corrected chi connectivity index (χ3v) is 4.00. The number of pyridine rings is 1. The number of nitrogens with zero attached hydrogens (tertiary/aromatic N) is 2. The summed E-state index contributed by atoms with van der Waals surface area (Å²) < 4.78 is 0. The maximum Gasteiger partial charge on any atom is 0.223 e. The van der Waals surface area contributed by atoms with Crippen LogP contribution in [0.4, 0.5) is 0 Å². The lowest BCUT2D eigenvalue weighted by Gasteiger charge is -2.47. The molecule has 3 rings (SSSR count). The minimum Gasteiger partial charge on any atom is -0.386 e. The first-order valence-corrected chi connectivity index (χ1v) is 6.56. The Kier molecular flexibility index (Phi) is 2.82. The van der Waals surface area contributed by atoms with Gasteiger partial charge in [0.25, 0.3) is 0 Å². The molecule has 18 heavy (non-hydrogen) atoms. The number of aryl methyl sites for hydroxylation is 1. The van der Waals surface area contributed by atoms with Crippen molar-refractivity contribution in [3.63, 3.8) is 0 Å². The van der Waals surface area contributed by atoms with Crippen LogP contribution in [-0.4, -0.2) is 39.6 Å². The molecule has 1 saturated carbocycles. The molecule has 0 unspecified atom stereocenters. The monoisotopic (exact) mass is 246 g/mol. The lowest BCUT2D eigenvalue weighted by atomic mass is 9.88. The van der Waals surface area contributed by atoms with Crippen LogP contribution >= 0.6 is 0 Å². The number of hydrogen-bond donors (Lipinski definition) is 1. The van der Waals surface area contributed by atoms with Crippen molar-refractivity contribution in [2.24, 2.45) is 5.92 Å². The molecule has 0 atom stereocenters. The second kappa shape index (κ2) is 4.35. The van der Waals surface area contributed by atoms with Crippen LogP contribution in [0, 0.1) is 5.92 Å². The van der Waals surface area contributed by atoms with Crippen molar-refractivity contribution in [1.29, 1.82) is 0 Å². The predicted octanol–water partition coefficient (Wildman–Crippen LogP) is 0.998. The van der Waals surface area contributed by atoms with Crippen molar-refractivity contribution in [1.82, 2.24) is 9.88 Å². The molecule has 1 aromatic heterocycles. The Hall–Kier alpha value is -1.42. The van der Waals surface area contributed by atoms with Gasteiger partial charge in [-0.05, 0) is 42.9 Å². The number of aliphatic hydroxyl groups is 1. The first-order chi connectivity index (χ1) is 8.67. The second-order valence-electron chi connectivity index (χ2n) is 5.48. The van der Waals surface area contributed by atoms with Gasteiger partial charge in [0.05, 0.1) is 13.1 Å². The minimum atomic E-state index is -0.563. The number of likely N-dealkylation sites (tertiary alicyclic amines) is 1. The van der Waals surface area contributed by atoms with E-state index in [4.69, 9.17) is 0 Å². The van der Waals surface area contributed by atoms with E-state index in [1.54, 1.807) is 17.3 Å². The van der Waals surface area contributed by atoms with Crippen LogP contribution in [0.15, 0.2) is 24.5 Å². The summed E-state index contributed by atoms with van der Waals surface area (Å²) >= 11 is 0. The molecule has 2 aliphatic rings. The lowest BCUT2D eigenvalue weighted by molar-refractivity contribution is -0.159. The molecule has 1 saturated heterocycles. The van der Waals surface area contributed by atoms with Gasteiger partial charge in [-0.2, -0.15) is 0 Å². The Morgan fingerprint density at radius 2 is 2.06 bits per heavy atom. The van der Waals surface area contributed by atoms with Crippen molar-refractivity contribution < 1.29 is 9.90 Å². The Balaban J connectivity index is 1.46. The second-order valence-corrected chi connectivity index (χ2v) is 5.48. The molecular weight excluding hydrogens is 228 g/mol. The van der Waals surface area contributed by atoms with Crippen molar-refractivity contribution >= 4 is 5.91 Å². The molecule has 1 amide bonds. The quantitative estimate of drug-likeness (QED) is 0.862. The van der Waals surface area contributed by atoms with E-state index in [0.29, 0.717) is 25.4 Å². The summed E-state index contributed by atoms with van der Waals surface area (Å²) in [7, 11) is 0. The first-order valence-electron chi connectivity index (χ1n) is 6.56. The van der Waals surface area contributed by atoms with Gasteiger partial charge >= 0.3 is 0 Å². The highest BCUT2D eigenvalue weighted by molar-refractivity contribution is 5.77. The standard InChI is InChI=1S/C14H18N2O2/c17-13(4-1-11-5-7-15-8-6-11)16-9-14(18,10-16)12-2-3-12/h5-8,12,18H,1-4,9-10H2. The van der Waals surface area contributed by atoms with Crippen LogP contribution < -0.4 is 0 Å². The fourth-order valence-electron chi connectivity index (χ4n) is 2.63. The Morgan fingerprint density at radius 1 is 1.39 bits per heavy atom. The number of β-amino-alcohol motifs (C(OH)–C–C–N with tert-alkyl or cyclic N) is 1. The van der Waals surface area contributed by atoms with Crippen LogP contribution in [0.3, 0.4) is 0 Å². The number of aromatic nitrogens is 1. The van der Waals surface area contributed by atoms with Crippen molar-refractivity contribution in [3.8, 4) is 0 Å². The van der Waals surface area contributed by atoms with Gasteiger partial charge in [0.1, 0.15) is 5.60 Å². The summed E-state index contributed by atoms with van der Waals surface area (Å²) in [5.41, 5.74) is 0.572. The van der Waals surface area contributed by atoms with Crippen LogP contribution in [0.1, 0.15) is 24.8 Å². The van der Waals surface area contributed by atoms with Gasteiger partial charge in [0.15, 0.2) is 0 Å². The third-order valence-electron chi connectivity index (χ3n) is 4.00. The Morgan fingerprint density at radius 3 is 2.67 bits per heavy atom. The van der Waals surface area contributed by atoms with Crippen LogP contribution in [0.5, 0.6) is 0 Å².